The number of anilines is 1. The number of benzene rings is 3. The topological polar surface area (TPSA) is 99.2 Å². The van der Waals surface area contributed by atoms with Crippen LogP contribution in [0, 0.1) is 12.8 Å². The van der Waals surface area contributed by atoms with Crippen LogP contribution in [0.2, 0.25) is 0 Å². The highest BCUT2D eigenvalue weighted by atomic mass is 16.5. The van der Waals surface area contributed by atoms with Gasteiger partial charge in [0.1, 0.15) is 11.5 Å². The molecule has 184 valence electrons. The lowest BCUT2D eigenvalue weighted by atomic mass is 10.1. The zero-order valence-electron chi connectivity index (χ0n) is 19.9. The van der Waals surface area contributed by atoms with Crippen LogP contribution in [0.1, 0.15) is 32.7 Å². The number of hydrogen-bond donors (Lipinski definition) is 0. The fraction of sp³-hybridized carbons (Fsp3) is 0.214. The molecule has 1 fully saturated rings. The number of aryl methyl sites for hydroxylation is 1. The van der Waals surface area contributed by atoms with E-state index >= 15 is 0 Å². The van der Waals surface area contributed by atoms with Gasteiger partial charge < -0.3 is 19.1 Å². The van der Waals surface area contributed by atoms with E-state index in [1.807, 2.05) is 31.2 Å². The van der Waals surface area contributed by atoms with Crippen molar-refractivity contribution < 1.29 is 33.4 Å². The van der Waals surface area contributed by atoms with Crippen molar-refractivity contribution >= 4 is 29.3 Å². The second kappa shape index (κ2) is 10.9. The molecule has 1 atom stereocenters. The van der Waals surface area contributed by atoms with Gasteiger partial charge in [0, 0.05) is 24.2 Å². The summed E-state index contributed by atoms with van der Waals surface area (Å²) in [5.41, 5.74) is 2.42. The normalized spacial score (nSPS) is 14.9. The second-order valence-electron chi connectivity index (χ2n) is 8.42. The van der Waals surface area contributed by atoms with Gasteiger partial charge in [0.05, 0.1) is 18.6 Å². The number of ketones is 1. The molecular formula is C28H25NO7. The van der Waals surface area contributed by atoms with E-state index in [9.17, 15) is 19.2 Å². The summed E-state index contributed by atoms with van der Waals surface area (Å²) in [6, 6.07) is 20.0. The van der Waals surface area contributed by atoms with Crippen LogP contribution in [-0.4, -0.2) is 43.9 Å². The maximum atomic E-state index is 12.5. The highest BCUT2D eigenvalue weighted by Crippen LogP contribution is 2.26. The third-order valence-corrected chi connectivity index (χ3v) is 5.84. The van der Waals surface area contributed by atoms with E-state index in [1.54, 1.807) is 29.2 Å². The third-order valence-electron chi connectivity index (χ3n) is 5.84. The molecule has 1 heterocycles. The van der Waals surface area contributed by atoms with Gasteiger partial charge in [-0.15, -0.1) is 0 Å². The molecule has 0 aliphatic carbocycles. The largest absolute Gasteiger partial charge is 0.497 e. The molecule has 3 aromatic carbocycles. The number of carbonyl (C=O) groups is 4. The second-order valence-corrected chi connectivity index (χ2v) is 8.42. The number of rotatable bonds is 8. The van der Waals surface area contributed by atoms with Crippen molar-refractivity contribution in [3.05, 3.63) is 89.5 Å². The molecule has 0 radical (unpaired) electrons. The average Bonchev–Trinajstić information content (AvgIpc) is 3.29. The molecule has 4 rings (SSSR count). The lowest BCUT2D eigenvalue weighted by Gasteiger charge is -2.16. The van der Waals surface area contributed by atoms with E-state index in [0.29, 0.717) is 16.9 Å². The Morgan fingerprint density at radius 3 is 2.33 bits per heavy atom. The quantitative estimate of drug-likeness (QED) is 0.269. The molecule has 8 heteroatoms. The van der Waals surface area contributed by atoms with E-state index in [0.717, 1.165) is 11.3 Å². The fourth-order valence-electron chi connectivity index (χ4n) is 3.80. The summed E-state index contributed by atoms with van der Waals surface area (Å²) in [5, 5.41) is 0. The molecule has 0 N–H and O–H groups in total. The Morgan fingerprint density at radius 1 is 0.917 bits per heavy atom. The standard InChI is InChI=1S/C28H25NO7/c1-18-6-10-22(11-7-18)29-16-21(15-26(29)31)27(32)35-17-25(30)19-8-12-23(13-9-19)36-28(33)20-4-3-5-24(14-20)34-2/h3-14,21H,15-17H2,1-2H3. The Hall–Kier alpha value is -4.46. The maximum Gasteiger partial charge on any atom is 0.343 e. The van der Waals surface area contributed by atoms with Crippen LogP contribution in [0.15, 0.2) is 72.8 Å². The maximum absolute atomic E-state index is 12.5. The van der Waals surface area contributed by atoms with Gasteiger partial charge >= 0.3 is 11.9 Å². The first kappa shape index (κ1) is 24.7. The molecular weight excluding hydrogens is 462 g/mol. The van der Waals surface area contributed by atoms with Crippen LogP contribution >= 0.6 is 0 Å². The van der Waals surface area contributed by atoms with Crippen LogP contribution < -0.4 is 14.4 Å². The van der Waals surface area contributed by atoms with Crippen molar-refractivity contribution in [1.29, 1.82) is 0 Å². The van der Waals surface area contributed by atoms with Gasteiger partial charge in [-0.05, 0) is 61.5 Å². The van der Waals surface area contributed by atoms with Crippen molar-refractivity contribution in [1.82, 2.24) is 0 Å². The van der Waals surface area contributed by atoms with Crippen LogP contribution in [-0.2, 0) is 14.3 Å². The molecule has 1 aliphatic heterocycles. The molecule has 0 aromatic heterocycles. The van der Waals surface area contributed by atoms with E-state index in [2.05, 4.69) is 0 Å². The predicted molar refractivity (Wildman–Crippen MR) is 131 cm³/mol. The monoisotopic (exact) mass is 487 g/mol. The summed E-state index contributed by atoms with van der Waals surface area (Å²) in [6.45, 7) is 1.72. The Kier molecular flexibility index (Phi) is 7.44. The van der Waals surface area contributed by atoms with Gasteiger partial charge in [-0.2, -0.15) is 0 Å². The van der Waals surface area contributed by atoms with E-state index in [-0.39, 0.29) is 24.6 Å². The molecule has 1 saturated heterocycles. The number of ether oxygens (including phenoxy) is 3. The van der Waals surface area contributed by atoms with Crippen LogP contribution in [0.3, 0.4) is 0 Å². The Bertz CT molecular complexity index is 1280. The minimum absolute atomic E-state index is 0.0360. The van der Waals surface area contributed by atoms with Crippen molar-refractivity contribution in [2.24, 2.45) is 5.92 Å². The third kappa shape index (κ3) is 5.78. The number of methoxy groups -OCH3 is 1. The molecule has 3 aromatic rings. The Labute approximate surface area is 208 Å². The molecule has 1 unspecified atom stereocenters. The molecule has 36 heavy (non-hydrogen) atoms. The summed E-state index contributed by atoms with van der Waals surface area (Å²) in [4.78, 5) is 51.2. The Balaban J connectivity index is 1.29. The summed E-state index contributed by atoms with van der Waals surface area (Å²) in [6.07, 6.45) is 0.0360. The van der Waals surface area contributed by atoms with Crippen molar-refractivity contribution in [3.63, 3.8) is 0 Å². The van der Waals surface area contributed by atoms with Crippen LogP contribution in [0.5, 0.6) is 11.5 Å². The van der Waals surface area contributed by atoms with Crippen LogP contribution in [0.4, 0.5) is 5.69 Å². The number of carbonyl (C=O) groups excluding carboxylic acids is 4. The molecule has 0 bridgehead atoms. The van der Waals surface area contributed by atoms with Gasteiger partial charge in [-0.3, -0.25) is 14.4 Å². The van der Waals surface area contributed by atoms with E-state index < -0.39 is 30.2 Å². The predicted octanol–water partition coefficient (Wildman–Crippen LogP) is 4.00. The van der Waals surface area contributed by atoms with E-state index in [1.165, 1.54) is 31.4 Å². The molecule has 8 nitrogen and oxygen atoms in total. The first-order chi connectivity index (χ1) is 17.3. The van der Waals surface area contributed by atoms with Crippen molar-refractivity contribution in [2.75, 3.05) is 25.2 Å². The summed E-state index contributed by atoms with van der Waals surface area (Å²) < 4.78 is 15.6. The number of hydrogen-bond acceptors (Lipinski definition) is 7. The zero-order valence-corrected chi connectivity index (χ0v) is 19.9. The SMILES string of the molecule is COc1cccc(C(=O)Oc2ccc(C(=O)COC(=O)C3CC(=O)N(c4ccc(C)cc4)C3)cc2)c1. The summed E-state index contributed by atoms with van der Waals surface area (Å²) in [7, 11) is 1.50. The average molecular weight is 488 g/mol. The van der Waals surface area contributed by atoms with Gasteiger partial charge in [-0.1, -0.05) is 23.8 Å². The Morgan fingerprint density at radius 2 is 1.64 bits per heavy atom. The minimum Gasteiger partial charge on any atom is -0.497 e. The molecule has 0 saturated carbocycles. The highest BCUT2D eigenvalue weighted by molar-refractivity contribution is 6.01. The molecule has 1 amide bonds. The van der Waals surface area contributed by atoms with Gasteiger partial charge in [0.25, 0.3) is 0 Å². The minimum atomic E-state index is -0.634. The zero-order chi connectivity index (χ0) is 25.7. The number of nitrogens with zero attached hydrogens (tertiary/aromatic N) is 1. The number of Topliss-reactive ketones (excluding diaryl/α,β-unsaturated/α-hetero) is 1. The number of esters is 2. The lowest BCUT2D eigenvalue weighted by molar-refractivity contribution is -0.147. The highest BCUT2D eigenvalue weighted by Gasteiger charge is 2.36. The first-order valence-electron chi connectivity index (χ1n) is 11.4. The summed E-state index contributed by atoms with van der Waals surface area (Å²) in [5.74, 6) is -1.56. The van der Waals surface area contributed by atoms with Crippen molar-refractivity contribution in [2.45, 2.75) is 13.3 Å². The molecule has 1 aliphatic rings. The van der Waals surface area contributed by atoms with E-state index in [4.69, 9.17) is 14.2 Å². The first-order valence-corrected chi connectivity index (χ1v) is 11.4. The lowest BCUT2D eigenvalue weighted by Crippen LogP contribution is -2.27. The fourth-order valence-corrected chi connectivity index (χ4v) is 3.80. The van der Waals surface area contributed by atoms with Crippen molar-refractivity contribution in [3.8, 4) is 11.5 Å². The van der Waals surface area contributed by atoms with Crippen LogP contribution in [0.25, 0.3) is 0 Å². The molecule has 0 spiro atoms. The number of amides is 1. The van der Waals surface area contributed by atoms with Gasteiger partial charge in [-0.25, -0.2) is 4.79 Å². The van der Waals surface area contributed by atoms with Gasteiger partial charge in [0.15, 0.2) is 12.4 Å². The summed E-state index contributed by atoms with van der Waals surface area (Å²) >= 11 is 0. The smallest absolute Gasteiger partial charge is 0.343 e. The van der Waals surface area contributed by atoms with Gasteiger partial charge in [0.2, 0.25) is 5.91 Å².